The molecule has 0 N–H and O–H groups in total. The SMILES string of the molecule is CC1=C(CCSc2ccc(C)cc2)C(=O)N(C(=O)OC(C)(C)C)C1. The molecule has 2 rings (SSSR count). The van der Waals surface area contributed by atoms with E-state index < -0.39 is 11.7 Å². The molecule has 1 aromatic rings. The predicted molar refractivity (Wildman–Crippen MR) is 97.2 cm³/mol. The summed E-state index contributed by atoms with van der Waals surface area (Å²) in [6.07, 6.45) is 0.0933. The number of hydrogen-bond acceptors (Lipinski definition) is 4. The summed E-state index contributed by atoms with van der Waals surface area (Å²) >= 11 is 1.72. The summed E-state index contributed by atoms with van der Waals surface area (Å²) in [4.78, 5) is 27.0. The highest BCUT2D eigenvalue weighted by Gasteiger charge is 2.34. The van der Waals surface area contributed by atoms with Gasteiger partial charge in [0.15, 0.2) is 0 Å². The Labute approximate surface area is 148 Å². The third-order valence-electron chi connectivity index (χ3n) is 3.67. The second-order valence-corrected chi connectivity index (χ2v) is 8.21. The Morgan fingerprint density at radius 3 is 2.42 bits per heavy atom. The van der Waals surface area contributed by atoms with Gasteiger partial charge in [0.25, 0.3) is 5.91 Å². The van der Waals surface area contributed by atoms with E-state index in [0.29, 0.717) is 13.0 Å². The van der Waals surface area contributed by atoms with E-state index in [-0.39, 0.29) is 5.91 Å². The molecule has 24 heavy (non-hydrogen) atoms. The highest BCUT2D eigenvalue weighted by Crippen LogP contribution is 2.27. The fraction of sp³-hybridized carbons (Fsp3) is 0.474. The van der Waals surface area contributed by atoms with Gasteiger partial charge in [0.2, 0.25) is 0 Å². The monoisotopic (exact) mass is 347 g/mol. The first-order chi connectivity index (χ1) is 11.2. The maximum Gasteiger partial charge on any atom is 0.417 e. The first kappa shape index (κ1) is 18.6. The maximum atomic E-state index is 12.5. The smallest absolute Gasteiger partial charge is 0.417 e. The lowest BCUT2D eigenvalue weighted by atomic mass is 10.1. The summed E-state index contributed by atoms with van der Waals surface area (Å²) < 4.78 is 5.31. The lowest BCUT2D eigenvalue weighted by Gasteiger charge is -2.23. The van der Waals surface area contributed by atoms with Gasteiger partial charge in [-0.1, -0.05) is 17.7 Å². The van der Waals surface area contributed by atoms with Gasteiger partial charge in [0.05, 0.1) is 6.54 Å². The molecule has 2 amide bonds. The summed E-state index contributed by atoms with van der Waals surface area (Å²) in [5.74, 6) is 0.593. The van der Waals surface area contributed by atoms with Crippen LogP contribution in [0.3, 0.4) is 0 Å². The van der Waals surface area contributed by atoms with Crippen LogP contribution < -0.4 is 0 Å². The quantitative estimate of drug-likeness (QED) is 0.749. The fourth-order valence-corrected chi connectivity index (χ4v) is 3.31. The van der Waals surface area contributed by atoms with Crippen molar-refractivity contribution in [3.63, 3.8) is 0 Å². The predicted octanol–water partition coefficient (Wildman–Crippen LogP) is 4.57. The summed E-state index contributed by atoms with van der Waals surface area (Å²) in [5.41, 5.74) is 2.32. The molecule has 4 nitrogen and oxygen atoms in total. The highest BCUT2D eigenvalue weighted by atomic mass is 32.2. The van der Waals surface area contributed by atoms with E-state index in [2.05, 4.69) is 31.2 Å². The molecular formula is C19H25NO3S. The van der Waals surface area contributed by atoms with Crippen LogP contribution in [-0.4, -0.2) is 34.8 Å². The normalized spacial score (nSPS) is 15.2. The highest BCUT2D eigenvalue weighted by molar-refractivity contribution is 7.99. The summed E-state index contributed by atoms with van der Waals surface area (Å²) in [6.45, 7) is 9.69. The maximum absolute atomic E-state index is 12.5. The van der Waals surface area contributed by atoms with E-state index in [4.69, 9.17) is 4.74 Å². The summed E-state index contributed by atoms with van der Waals surface area (Å²) in [5, 5.41) is 0. The number of aryl methyl sites for hydroxylation is 1. The lowest BCUT2D eigenvalue weighted by Crippen LogP contribution is -2.38. The largest absolute Gasteiger partial charge is 0.443 e. The van der Waals surface area contributed by atoms with Gasteiger partial charge in [0.1, 0.15) is 5.60 Å². The number of benzene rings is 1. The van der Waals surface area contributed by atoms with Gasteiger partial charge < -0.3 is 4.74 Å². The zero-order valence-corrected chi connectivity index (χ0v) is 15.8. The number of carbonyl (C=O) groups is 2. The average Bonchev–Trinajstić information content (AvgIpc) is 2.75. The van der Waals surface area contributed by atoms with Crippen molar-refractivity contribution in [3.8, 4) is 0 Å². The molecule has 1 aliphatic rings. The molecule has 0 radical (unpaired) electrons. The van der Waals surface area contributed by atoms with Gasteiger partial charge in [-0.15, -0.1) is 11.8 Å². The fourth-order valence-electron chi connectivity index (χ4n) is 2.44. The van der Waals surface area contributed by atoms with Crippen LogP contribution in [0.1, 0.15) is 39.7 Å². The van der Waals surface area contributed by atoms with E-state index in [1.165, 1.54) is 15.4 Å². The van der Waals surface area contributed by atoms with Crippen molar-refractivity contribution >= 4 is 23.8 Å². The molecule has 0 spiro atoms. The van der Waals surface area contributed by atoms with E-state index in [0.717, 1.165) is 16.9 Å². The minimum atomic E-state index is -0.602. The molecule has 1 heterocycles. The van der Waals surface area contributed by atoms with Crippen molar-refractivity contribution in [2.45, 2.75) is 51.5 Å². The van der Waals surface area contributed by atoms with Crippen molar-refractivity contribution in [1.82, 2.24) is 4.90 Å². The first-order valence-electron chi connectivity index (χ1n) is 8.10. The standard InChI is InChI=1S/C19H25NO3S/c1-13-6-8-15(9-7-13)24-11-10-16-14(2)12-20(17(16)21)18(22)23-19(3,4)5/h6-9H,10-12H2,1-5H3. The first-order valence-corrected chi connectivity index (χ1v) is 9.09. The number of imide groups is 1. The van der Waals surface area contributed by atoms with E-state index >= 15 is 0 Å². The lowest BCUT2D eigenvalue weighted by molar-refractivity contribution is -0.124. The van der Waals surface area contributed by atoms with Gasteiger partial charge in [0, 0.05) is 16.2 Å². The third kappa shape index (κ3) is 4.87. The molecule has 1 aliphatic heterocycles. The number of thioether (sulfide) groups is 1. The van der Waals surface area contributed by atoms with Gasteiger partial charge in [-0.2, -0.15) is 0 Å². The van der Waals surface area contributed by atoms with Crippen LogP contribution in [0.15, 0.2) is 40.3 Å². The minimum absolute atomic E-state index is 0.216. The van der Waals surface area contributed by atoms with Gasteiger partial charge in [-0.25, -0.2) is 9.69 Å². The van der Waals surface area contributed by atoms with E-state index in [9.17, 15) is 9.59 Å². The Hall–Kier alpha value is -1.75. The van der Waals surface area contributed by atoms with Gasteiger partial charge in [-0.05, 0) is 58.7 Å². The third-order valence-corrected chi connectivity index (χ3v) is 4.68. The zero-order valence-electron chi connectivity index (χ0n) is 15.0. The zero-order chi connectivity index (χ0) is 17.9. The van der Waals surface area contributed by atoms with Crippen LogP contribution in [0.4, 0.5) is 4.79 Å². The molecule has 130 valence electrons. The number of ether oxygens (including phenoxy) is 1. The molecule has 0 aliphatic carbocycles. The van der Waals surface area contributed by atoms with Crippen LogP contribution in [0.25, 0.3) is 0 Å². The van der Waals surface area contributed by atoms with Crippen LogP contribution in [0.5, 0.6) is 0 Å². The van der Waals surface area contributed by atoms with E-state index in [1.807, 2.05) is 6.92 Å². The van der Waals surface area contributed by atoms with Gasteiger partial charge in [-0.3, -0.25) is 4.79 Å². The van der Waals surface area contributed by atoms with Crippen LogP contribution >= 0.6 is 11.8 Å². The Bertz CT molecular complexity index is 656. The number of amides is 2. The Kier molecular flexibility index (Phi) is 5.75. The average molecular weight is 347 g/mol. The Morgan fingerprint density at radius 2 is 1.83 bits per heavy atom. The molecule has 0 unspecified atom stereocenters. The van der Waals surface area contributed by atoms with Crippen molar-refractivity contribution in [3.05, 3.63) is 41.0 Å². The van der Waals surface area contributed by atoms with E-state index in [1.54, 1.807) is 32.5 Å². The number of rotatable bonds is 4. The molecule has 0 fully saturated rings. The molecular weight excluding hydrogens is 322 g/mol. The molecule has 0 atom stereocenters. The Balaban J connectivity index is 1.91. The number of carbonyl (C=O) groups excluding carboxylic acids is 2. The summed E-state index contributed by atoms with van der Waals surface area (Å²) in [6, 6.07) is 8.34. The topological polar surface area (TPSA) is 46.6 Å². The molecule has 0 bridgehead atoms. The minimum Gasteiger partial charge on any atom is -0.443 e. The molecule has 5 heteroatoms. The van der Waals surface area contributed by atoms with Crippen LogP contribution in [0, 0.1) is 6.92 Å². The van der Waals surface area contributed by atoms with Crippen LogP contribution in [-0.2, 0) is 9.53 Å². The van der Waals surface area contributed by atoms with Crippen LogP contribution in [0.2, 0.25) is 0 Å². The second kappa shape index (κ2) is 7.43. The summed E-state index contributed by atoms with van der Waals surface area (Å²) in [7, 11) is 0. The molecule has 0 aromatic heterocycles. The van der Waals surface area contributed by atoms with Crippen molar-refractivity contribution in [2.75, 3.05) is 12.3 Å². The van der Waals surface area contributed by atoms with Crippen molar-refractivity contribution in [2.24, 2.45) is 0 Å². The second-order valence-electron chi connectivity index (χ2n) is 7.04. The van der Waals surface area contributed by atoms with Crippen molar-refractivity contribution < 1.29 is 14.3 Å². The van der Waals surface area contributed by atoms with Crippen molar-refractivity contribution in [1.29, 1.82) is 0 Å². The molecule has 0 saturated heterocycles. The van der Waals surface area contributed by atoms with Gasteiger partial charge >= 0.3 is 6.09 Å². The molecule has 0 saturated carbocycles. The molecule has 1 aromatic carbocycles. The Morgan fingerprint density at radius 1 is 1.21 bits per heavy atom. The number of hydrogen-bond donors (Lipinski definition) is 0. The number of nitrogens with zero attached hydrogens (tertiary/aromatic N) is 1.